The van der Waals surface area contributed by atoms with E-state index < -0.39 is 5.92 Å². The first-order valence-electron chi connectivity index (χ1n) is 5.11. The van der Waals surface area contributed by atoms with E-state index in [1.165, 1.54) is 10.7 Å². The maximum Gasteiger partial charge on any atom is 0.267 e. The fraction of sp³-hybridized carbons (Fsp3) is 0.600. The van der Waals surface area contributed by atoms with Crippen LogP contribution in [0.1, 0.15) is 31.7 Å². The SMILES string of the molecule is O=c1ccc(I)nn1C1CCC(F)(F)CC1. The van der Waals surface area contributed by atoms with Crippen molar-refractivity contribution >= 4 is 22.6 Å². The van der Waals surface area contributed by atoms with Gasteiger partial charge in [0.1, 0.15) is 3.70 Å². The Morgan fingerprint density at radius 1 is 1.38 bits per heavy atom. The van der Waals surface area contributed by atoms with Crippen LogP contribution in [0.15, 0.2) is 16.9 Å². The van der Waals surface area contributed by atoms with E-state index in [4.69, 9.17) is 0 Å². The molecule has 0 aromatic carbocycles. The number of rotatable bonds is 1. The summed E-state index contributed by atoms with van der Waals surface area (Å²) < 4.78 is 28.0. The molecule has 88 valence electrons. The molecule has 1 aliphatic carbocycles. The van der Waals surface area contributed by atoms with Crippen LogP contribution in [0.4, 0.5) is 8.78 Å². The molecule has 1 fully saturated rings. The molecular formula is C10H11F2IN2O. The minimum absolute atomic E-state index is 0.155. The van der Waals surface area contributed by atoms with Crippen molar-refractivity contribution in [3.63, 3.8) is 0 Å². The van der Waals surface area contributed by atoms with Gasteiger partial charge < -0.3 is 0 Å². The molecule has 1 aromatic rings. The van der Waals surface area contributed by atoms with E-state index in [0.717, 1.165) is 0 Å². The average Bonchev–Trinajstić information content (AvgIpc) is 2.22. The van der Waals surface area contributed by atoms with Crippen molar-refractivity contribution in [3.8, 4) is 0 Å². The van der Waals surface area contributed by atoms with Gasteiger partial charge >= 0.3 is 0 Å². The second-order valence-corrected chi connectivity index (χ2v) is 5.13. The fourth-order valence-electron chi connectivity index (χ4n) is 1.93. The monoisotopic (exact) mass is 340 g/mol. The molecule has 1 heterocycles. The number of aromatic nitrogens is 2. The molecule has 0 atom stereocenters. The normalized spacial score (nSPS) is 20.9. The Kier molecular flexibility index (Phi) is 3.27. The molecule has 6 heteroatoms. The van der Waals surface area contributed by atoms with Gasteiger partial charge in [-0.3, -0.25) is 4.79 Å². The highest BCUT2D eigenvalue weighted by molar-refractivity contribution is 14.1. The quantitative estimate of drug-likeness (QED) is 0.737. The molecule has 2 rings (SSSR count). The standard InChI is InChI=1S/C10H11F2IN2O/c11-10(12)5-3-7(4-6-10)15-9(16)2-1-8(13)14-15/h1-2,7H,3-6H2. The lowest BCUT2D eigenvalue weighted by molar-refractivity contribution is -0.0454. The Bertz CT molecular complexity index is 437. The van der Waals surface area contributed by atoms with Crippen molar-refractivity contribution in [2.24, 2.45) is 0 Å². The average molecular weight is 340 g/mol. The van der Waals surface area contributed by atoms with Crippen LogP contribution < -0.4 is 5.56 Å². The van der Waals surface area contributed by atoms with Crippen molar-refractivity contribution in [2.75, 3.05) is 0 Å². The highest BCUT2D eigenvalue weighted by Crippen LogP contribution is 2.37. The smallest absolute Gasteiger partial charge is 0.267 e. The van der Waals surface area contributed by atoms with Gasteiger partial charge in [-0.1, -0.05) is 0 Å². The Balaban J connectivity index is 2.20. The maximum atomic E-state index is 13.0. The Hall–Kier alpha value is -0.530. The van der Waals surface area contributed by atoms with Crippen LogP contribution in [0, 0.1) is 3.70 Å². The number of halogens is 3. The molecule has 3 nitrogen and oxygen atoms in total. The van der Waals surface area contributed by atoms with Crippen LogP contribution in [0.3, 0.4) is 0 Å². The van der Waals surface area contributed by atoms with Gasteiger partial charge in [0.25, 0.3) is 5.56 Å². The molecule has 0 spiro atoms. The zero-order valence-electron chi connectivity index (χ0n) is 8.50. The van der Waals surface area contributed by atoms with Crippen LogP contribution in [0.2, 0.25) is 0 Å². The van der Waals surface area contributed by atoms with E-state index in [-0.39, 0.29) is 24.4 Å². The second-order valence-electron chi connectivity index (χ2n) is 4.03. The molecule has 0 saturated heterocycles. The van der Waals surface area contributed by atoms with Gasteiger partial charge in [-0.25, -0.2) is 13.5 Å². The predicted molar refractivity (Wildman–Crippen MR) is 63.7 cm³/mol. The number of alkyl halides is 2. The summed E-state index contributed by atoms with van der Waals surface area (Å²) in [4.78, 5) is 11.5. The Morgan fingerprint density at radius 2 is 2.00 bits per heavy atom. The number of nitrogens with zero attached hydrogens (tertiary/aromatic N) is 2. The molecule has 0 unspecified atom stereocenters. The van der Waals surface area contributed by atoms with E-state index in [1.807, 2.05) is 22.6 Å². The van der Waals surface area contributed by atoms with E-state index in [0.29, 0.717) is 16.5 Å². The fourth-order valence-corrected chi connectivity index (χ4v) is 2.35. The van der Waals surface area contributed by atoms with E-state index in [9.17, 15) is 13.6 Å². The highest BCUT2D eigenvalue weighted by atomic mass is 127. The van der Waals surface area contributed by atoms with Crippen molar-refractivity contribution < 1.29 is 8.78 Å². The maximum absolute atomic E-state index is 13.0. The number of hydrogen-bond acceptors (Lipinski definition) is 2. The summed E-state index contributed by atoms with van der Waals surface area (Å²) in [5.74, 6) is -2.57. The van der Waals surface area contributed by atoms with Crippen molar-refractivity contribution in [2.45, 2.75) is 37.6 Å². The molecule has 0 radical (unpaired) electrons. The third kappa shape index (κ3) is 2.58. The summed E-state index contributed by atoms with van der Waals surface area (Å²) in [6.45, 7) is 0. The van der Waals surface area contributed by atoms with Gasteiger partial charge in [-0.05, 0) is 41.5 Å². The molecule has 0 aliphatic heterocycles. The summed E-state index contributed by atoms with van der Waals surface area (Å²) in [5, 5.41) is 4.09. The van der Waals surface area contributed by atoms with Gasteiger partial charge in [-0.2, -0.15) is 5.10 Å². The molecule has 0 N–H and O–H groups in total. The molecule has 16 heavy (non-hydrogen) atoms. The van der Waals surface area contributed by atoms with Crippen molar-refractivity contribution in [1.82, 2.24) is 9.78 Å². The first-order chi connectivity index (χ1) is 7.48. The topological polar surface area (TPSA) is 34.9 Å². The first kappa shape index (κ1) is 11.9. The predicted octanol–water partition coefficient (Wildman–Crippen LogP) is 2.60. The second kappa shape index (κ2) is 4.38. The Morgan fingerprint density at radius 3 is 2.62 bits per heavy atom. The van der Waals surface area contributed by atoms with Crippen LogP contribution >= 0.6 is 22.6 Å². The van der Waals surface area contributed by atoms with Gasteiger partial charge in [0.2, 0.25) is 5.92 Å². The minimum Gasteiger partial charge on any atom is -0.268 e. The zero-order valence-corrected chi connectivity index (χ0v) is 10.7. The molecule has 1 aromatic heterocycles. The van der Waals surface area contributed by atoms with Gasteiger partial charge in [0.05, 0.1) is 6.04 Å². The Labute approximate surface area is 105 Å². The van der Waals surface area contributed by atoms with E-state index >= 15 is 0 Å². The van der Waals surface area contributed by atoms with Crippen LogP contribution in [-0.4, -0.2) is 15.7 Å². The molecular weight excluding hydrogens is 329 g/mol. The third-order valence-electron chi connectivity index (χ3n) is 2.83. The first-order valence-corrected chi connectivity index (χ1v) is 6.19. The van der Waals surface area contributed by atoms with E-state index in [1.54, 1.807) is 6.07 Å². The zero-order chi connectivity index (χ0) is 11.8. The largest absolute Gasteiger partial charge is 0.268 e. The lowest BCUT2D eigenvalue weighted by Gasteiger charge is -2.28. The summed E-state index contributed by atoms with van der Waals surface area (Å²) >= 11 is 2.01. The van der Waals surface area contributed by atoms with Crippen LogP contribution in [0.5, 0.6) is 0 Å². The molecule has 0 amide bonds. The third-order valence-corrected chi connectivity index (χ3v) is 3.40. The molecule has 1 saturated carbocycles. The van der Waals surface area contributed by atoms with Gasteiger partial charge in [-0.15, -0.1) is 0 Å². The summed E-state index contributed by atoms with van der Waals surface area (Å²) in [7, 11) is 0. The molecule has 0 bridgehead atoms. The lowest BCUT2D eigenvalue weighted by Crippen LogP contribution is -2.33. The summed E-state index contributed by atoms with van der Waals surface area (Å²) in [5.41, 5.74) is -0.212. The van der Waals surface area contributed by atoms with Gasteiger partial charge in [0, 0.05) is 18.9 Å². The van der Waals surface area contributed by atoms with E-state index in [2.05, 4.69) is 5.10 Å². The number of hydrogen-bond donors (Lipinski definition) is 0. The van der Waals surface area contributed by atoms with Gasteiger partial charge in [0.15, 0.2) is 0 Å². The lowest BCUT2D eigenvalue weighted by atomic mass is 9.92. The summed E-state index contributed by atoms with van der Waals surface area (Å²) in [6.07, 6.45) is 0.328. The highest BCUT2D eigenvalue weighted by Gasteiger charge is 2.36. The minimum atomic E-state index is -2.57. The van der Waals surface area contributed by atoms with Crippen molar-refractivity contribution in [3.05, 3.63) is 26.2 Å². The van der Waals surface area contributed by atoms with Crippen LogP contribution in [0.25, 0.3) is 0 Å². The van der Waals surface area contributed by atoms with Crippen molar-refractivity contribution in [1.29, 1.82) is 0 Å². The molecule has 1 aliphatic rings. The van der Waals surface area contributed by atoms with Crippen LogP contribution in [-0.2, 0) is 0 Å². The summed E-state index contributed by atoms with van der Waals surface area (Å²) in [6, 6.07) is 2.88.